The Hall–Kier alpha value is -1.24. The van der Waals surface area contributed by atoms with Crippen molar-refractivity contribution < 1.29 is 4.74 Å². The third-order valence-electron chi connectivity index (χ3n) is 2.83. The molecule has 3 rings (SSSR count). The number of fused-ring (bicyclic) bond motifs is 2. The summed E-state index contributed by atoms with van der Waals surface area (Å²) >= 11 is 0.537. The van der Waals surface area contributed by atoms with Gasteiger partial charge in [-0.1, -0.05) is 0 Å². The summed E-state index contributed by atoms with van der Waals surface area (Å²) in [6, 6.07) is 8.46. The zero-order valence-electron chi connectivity index (χ0n) is 9.07. The summed E-state index contributed by atoms with van der Waals surface area (Å²) in [4.78, 5) is 0. The molecule has 0 N–H and O–H groups in total. The second-order valence-electron chi connectivity index (χ2n) is 3.79. The van der Waals surface area contributed by atoms with Gasteiger partial charge >= 0.3 is 101 Å². The van der Waals surface area contributed by atoms with Crippen LogP contribution in [0.25, 0.3) is 12.2 Å². The first-order valence-electron chi connectivity index (χ1n) is 5.28. The molecule has 1 aromatic rings. The molecule has 80 valence electrons. The van der Waals surface area contributed by atoms with Gasteiger partial charge in [0, 0.05) is 0 Å². The van der Waals surface area contributed by atoms with Crippen molar-refractivity contribution in [1.29, 1.82) is 0 Å². The summed E-state index contributed by atoms with van der Waals surface area (Å²) in [5.74, 6) is 1.05. The Morgan fingerprint density at radius 2 is 1.88 bits per heavy atom. The van der Waals surface area contributed by atoms with E-state index in [1.807, 2.05) is 0 Å². The fourth-order valence-corrected chi connectivity index (χ4v) is 4.17. The van der Waals surface area contributed by atoms with E-state index in [1.165, 1.54) is 25.8 Å². The maximum absolute atomic E-state index is 5.52. The Morgan fingerprint density at radius 1 is 1.12 bits per heavy atom. The fourth-order valence-electron chi connectivity index (χ4n) is 2.03. The third-order valence-corrected chi connectivity index (χ3v) is 5.05. The van der Waals surface area contributed by atoms with Gasteiger partial charge in [-0.3, -0.25) is 0 Å². The zero-order chi connectivity index (χ0) is 11.0. The summed E-state index contributed by atoms with van der Waals surface area (Å²) in [6.45, 7) is 0. The monoisotopic (exact) mass is 276 g/mol. The summed E-state index contributed by atoms with van der Waals surface area (Å²) < 4.78 is 6.93. The van der Waals surface area contributed by atoms with E-state index >= 15 is 0 Å². The van der Waals surface area contributed by atoms with Gasteiger partial charge in [0.1, 0.15) is 0 Å². The van der Waals surface area contributed by atoms with E-state index in [9.17, 15) is 0 Å². The van der Waals surface area contributed by atoms with Crippen LogP contribution in [-0.2, 0) is 4.74 Å². The molecule has 0 aromatic heterocycles. The van der Waals surface area contributed by atoms with Gasteiger partial charge in [-0.15, -0.1) is 0 Å². The van der Waals surface area contributed by atoms with Gasteiger partial charge in [-0.2, -0.15) is 0 Å². The van der Waals surface area contributed by atoms with E-state index in [1.54, 1.807) is 7.11 Å². The molecule has 0 fully saturated rings. The van der Waals surface area contributed by atoms with Crippen molar-refractivity contribution in [3.8, 4) is 0 Å². The van der Waals surface area contributed by atoms with Crippen LogP contribution < -0.4 is 10.4 Å². The summed E-state index contributed by atoms with van der Waals surface area (Å²) in [6.07, 6.45) is 6.77. The first-order valence-corrected chi connectivity index (χ1v) is 7.35. The van der Waals surface area contributed by atoms with Crippen molar-refractivity contribution in [1.82, 2.24) is 0 Å². The van der Waals surface area contributed by atoms with E-state index in [-0.39, 0.29) is 0 Å². The second kappa shape index (κ2) is 3.97. The molecule has 0 bridgehead atoms. The van der Waals surface area contributed by atoms with E-state index in [4.69, 9.17) is 4.74 Å². The van der Waals surface area contributed by atoms with Crippen molar-refractivity contribution in [2.75, 3.05) is 7.11 Å². The molecule has 1 heterocycles. The van der Waals surface area contributed by atoms with Crippen LogP contribution in [0.1, 0.15) is 0 Å². The predicted molar refractivity (Wildman–Crippen MR) is 67.3 cm³/mol. The Kier molecular flexibility index (Phi) is 2.47. The quantitative estimate of drug-likeness (QED) is 0.699. The number of rotatable bonds is 1. The molecule has 0 amide bonds. The first kappa shape index (κ1) is 9.95. The van der Waals surface area contributed by atoms with E-state index in [2.05, 4.69) is 42.5 Å². The number of ether oxygens (including phenoxy) is 1. The minimum atomic E-state index is 0.537. The molecule has 0 saturated carbocycles. The maximum atomic E-state index is 5.52. The molecule has 1 aromatic carbocycles. The molecule has 0 spiro atoms. The van der Waals surface area contributed by atoms with Gasteiger partial charge in [0.15, 0.2) is 0 Å². The van der Waals surface area contributed by atoms with Gasteiger partial charge in [0.25, 0.3) is 0 Å². The molecule has 0 radical (unpaired) electrons. The number of hydrogen-bond acceptors (Lipinski definition) is 1. The van der Waals surface area contributed by atoms with Crippen LogP contribution in [0.15, 0.2) is 46.1 Å². The normalized spacial score (nSPS) is 17.7. The first-order chi connectivity index (χ1) is 7.88. The molecule has 1 aliphatic carbocycles. The molecule has 1 aliphatic heterocycles. The Bertz CT molecular complexity index is 608. The van der Waals surface area contributed by atoms with Crippen LogP contribution in [0.5, 0.6) is 0 Å². The molecular weight excluding hydrogens is 263 g/mol. The second-order valence-corrected chi connectivity index (χ2v) is 5.95. The Balaban J connectivity index is 2.35. The standard InChI is InChI=1S/C14H12OSe/c1-15-13-9-11-5-3-2-4-10(11)8-12-6-7-16-14(12)13/h2-6,8-9H,7H2,1H3. The molecule has 2 aliphatic rings. The van der Waals surface area contributed by atoms with Crippen LogP contribution in [0, 0.1) is 0 Å². The van der Waals surface area contributed by atoms with Gasteiger partial charge in [-0.05, 0) is 0 Å². The SMILES string of the molecule is COC1=C2[Se]CC=C2C=c2ccccc2=C1. The molecule has 0 saturated heterocycles. The van der Waals surface area contributed by atoms with Gasteiger partial charge in [0.05, 0.1) is 0 Å². The van der Waals surface area contributed by atoms with Crippen molar-refractivity contribution in [2.24, 2.45) is 0 Å². The van der Waals surface area contributed by atoms with Gasteiger partial charge in [0.2, 0.25) is 0 Å². The van der Waals surface area contributed by atoms with Crippen molar-refractivity contribution >= 4 is 27.1 Å². The molecule has 2 heteroatoms. The molecular formula is C14H12OSe. The summed E-state index contributed by atoms with van der Waals surface area (Å²) in [7, 11) is 1.76. The number of methoxy groups -OCH3 is 1. The molecule has 1 nitrogen and oxygen atoms in total. The van der Waals surface area contributed by atoms with E-state index in [0.717, 1.165) is 5.76 Å². The topological polar surface area (TPSA) is 9.23 Å². The van der Waals surface area contributed by atoms with Crippen molar-refractivity contribution in [2.45, 2.75) is 5.32 Å². The number of allylic oxidation sites excluding steroid dienone is 4. The van der Waals surface area contributed by atoms with Crippen LogP contribution in [0.3, 0.4) is 0 Å². The number of benzene rings is 1. The zero-order valence-corrected chi connectivity index (χ0v) is 10.8. The van der Waals surface area contributed by atoms with Crippen LogP contribution >= 0.6 is 0 Å². The molecule has 0 unspecified atom stereocenters. The summed E-state index contributed by atoms with van der Waals surface area (Å²) in [5, 5.41) is 3.73. The fraction of sp³-hybridized carbons (Fsp3) is 0.143. The molecule has 0 atom stereocenters. The molecule has 16 heavy (non-hydrogen) atoms. The van der Waals surface area contributed by atoms with E-state index < -0.39 is 0 Å². The van der Waals surface area contributed by atoms with Crippen molar-refractivity contribution in [3.05, 3.63) is 56.6 Å². The van der Waals surface area contributed by atoms with Crippen LogP contribution in [-0.4, -0.2) is 22.1 Å². The average Bonchev–Trinajstić information content (AvgIpc) is 2.70. The van der Waals surface area contributed by atoms with Gasteiger partial charge < -0.3 is 0 Å². The van der Waals surface area contributed by atoms with E-state index in [0.29, 0.717) is 15.0 Å². The average molecular weight is 275 g/mol. The van der Waals surface area contributed by atoms with Crippen molar-refractivity contribution in [3.63, 3.8) is 0 Å². The van der Waals surface area contributed by atoms with Crippen LogP contribution in [0.2, 0.25) is 5.32 Å². The number of hydrogen-bond donors (Lipinski definition) is 0. The third kappa shape index (κ3) is 1.55. The van der Waals surface area contributed by atoms with Gasteiger partial charge in [-0.25, -0.2) is 0 Å². The minimum absolute atomic E-state index is 0.537. The predicted octanol–water partition coefficient (Wildman–Crippen LogP) is 1.18. The summed E-state index contributed by atoms with van der Waals surface area (Å²) in [5.41, 5.74) is 1.36. The van der Waals surface area contributed by atoms with Crippen LogP contribution in [0.4, 0.5) is 0 Å². The Labute approximate surface area is 101 Å². The Morgan fingerprint density at radius 3 is 2.62 bits per heavy atom.